The smallest absolute Gasteiger partial charge is 0.255 e. The normalized spacial score (nSPS) is 11.2. The number of benzene rings is 2. The Kier molecular flexibility index (Phi) is 7.13. The maximum atomic E-state index is 12.5. The Morgan fingerprint density at radius 2 is 1.57 bits per heavy atom. The van der Waals surface area contributed by atoms with E-state index in [0.29, 0.717) is 30.1 Å². The minimum absolute atomic E-state index is 0.171. The number of carbonyl (C=O) groups excluding carboxylic acids is 2. The highest BCUT2D eigenvalue weighted by atomic mass is 32.2. The molecule has 0 spiro atoms. The minimum Gasteiger partial charge on any atom is -0.484 e. The number of carbonyl (C=O) groups is 2. The highest BCUT2D eigenvalue weighted by Gasteiger charge is 2.21. The van der Waals surface area contributed by atoms with Crippen LogP contribution in [0.25, 0.3) is 0 Å². The van der Waals surface area contributed by atoms with Crippen LogP contribution in [0.15, 0.2) is 53.4 Å². The Hall–Kier alpha value is -2.91. The molecule has 0 unspecified atom stereocenters. The zero-order chi connectivity index (χ0) is 20.7. The molecule has 150 valence electrons. The van der Waals surface area contributed by atoms with Gasteiger partial charge in [-0.15, -0.1) is 0 Å². The third-order valence-electron chi connectivity index (χ3n) is 3.95. The monoisotopic (exact) mass is 405 g/mol. The number of primary amides is 1. The number of sulfonamides is 1. The fourth-order valence-electron chi connectivity index (χ4n) is 2.48. The van der Waals surface area contributed by atoms with E-state index in [0.717, 1.165) is 0 Å². The lowest BCUT2D eigenvalue weighted by atomic mass is 10.2. The first-order valence-electron chi connectivity index (χ1n) is 8.70. The summed E-state index contributed by atoms with van der Waals surface area (Å²) in [6, 6.07) is 12.2. The van der Waals surface area contributed by atoms with Crippen molar-refractivity contribution in [3.05, 3.63) is 54.1 Å². The number of nitrogens with one attached hydrogen (secondary N) is 1. The van der Waals surface area contributed by atoms with Gasteiger partial charge < -0.3 is 15.8 Å². The van der Waals surface area contributed by atoms with Crippen LogP contribution in [0.1, 0.15) is 24.2 Å². The first-order valence-corrected chi connectivity index (χ1v) is 10.1. The Morgan fingerprint density at radius 3 is 2.07 bits per heavy atom. The van der Waals surface area contributed by atoms with E-state index in [1.54, 1.807) is 50.2 Å². The molecule has 9 heteroatoms. The Bertz CT molecular complexity index is 921. The average molecular weight is 405 g/mol. The van der Waals surface area contributed by atoms with E-state index in [4.69, 9.17) is 10.5 Å². The van der Waals surface area contributed by atoms with E-state index >= 15 is 0 Å². The Morgan fingerprint density at radius 1 is 1.00 bits per heavy atom. The van der Waals surface area contributed by atoms with Crippen LogP contribution in [-0.4, -0.2) is 44.2 Å². The van der Waals surface area contributed by atoms with E-state index in [-0.39, 0.29) is 17.4 Å². The lowest BCUT2D eigenvalue weighted by Gasteiger charge is -2.18. The van der Waals surface area contributed by atoms with Crippen LogP contribution in [0, 0.1) is 0 Å². The molecule has 2 rings (SSSR count). The summed E-state index contributed by atoms with van der Waals surface area (Å²) in [4.78, 5) is 23.2. The molecule has 0 heterocycles. The number of nitrogens with zero attached hydrogens (tertiary/aromatic N) is 1. The predicted molar refractivity (Wildman–Crippen MR) is 106 cm³/mol. The summed E-state index contributed by atoms with van der Waals surface area (Å²) in [6.45, 7) is 4.08. The van der Waals surface area contributed by atoms with Gasteiger partial charge in [-0.25, -0.2) is 8.42 Å². The molecule has 28 heavy (non-hydrogen) atoms. The lowest BCUT2D eigenvalue weighted by molar-refractivity contribution is -0.119. The fourth-order valence-corrected chi connectivity index (χ4v) is 3.94. The number of ether oxygens (including phenoxy) is 1. The second kappa shape index (κ2) is 9.34. The first kappa shape index (κ1) is 21.4. The molecule has 0 aliphatic heterocycles. The van der Waals surface area contributed by atoms with E-state index < -0.39 is 15.9 Å². The number of nitrogens with two attached hydrogens (primary N) is 1. The summed E-state index contributed by atoms with van der Waals surface area (Å²) in [5, 5.41) is 2.70. The second-order valence-corrected chi connectivity index (χ2v) is 7.79. The predicted octanol–water partition coefficient (Wildman–Crippen LogP) is 1.83. The van der Waals surface area contributed by atoms with Crippen molar-refractivity contribution in [1.29, 1.82) is 0 Å². The maximum Gasteiger partial charge on any atom is 0.255 e. The topological polar surface area (TPSA) is 119 Å². The van der Waals surface area contributed by atoms with Crippen molar-refractivity contribution in [2.24, 2.45) is 5.73 Å². The van der Waals surface area contributed by atoms with Crippen LogP contribution in [0.3, 0.4) is 0 Å². The van der Waals surface area contributed by atoms with Crippen LogP contribution in [0.5, 0.6) is 5.75 Å². The van der Waals surface area contributed by atoms with Crippen LogP contribution in [-0.2, 0) is 14.8 Å². The molecule has 0 bridgehead atoms. The molecule has 0 aromatic heterocycles. The van der Waals surface area contributed by atoms with Gasteiger partial charge in [0.15, 0.2) is 6.61 Å². The fraction of sp³-hybridized carbons (Fsp3) is 0.263. The van der Waals surface area contributed by atoms with E-state index in [1.165, 1.54) is 16.4 Å². The van der Waals surface area contributed by atoms with Crippen molar-refractivity contribution in [3.63, 3.8) is 0 Å². The molecule has 0 fully saturated rings. The van der Waals surface area contributed by atoms with Gasteiger partial charge in [0, 0.05) is 24.3 Å². The van der Waals surface area contributed by atoms with Gasteiger partial charge in [-0.05, 0) is 48.5 Å². The van der Waals surface area contributed by atoms with Gasteiger partial charge in [-0.3, -0.25) is 9.59 Å². The largest absolute Gasteiger partial charge is 0.484 e. The third kappa shape index (κ3) is 5.30. The Balaban J connectivity index is 2.05. The standard InChI is InChI=1S/C19H23N3O5S/c1-3-22(4-2)28(25,26)17-11-7-15(8-12-17)21-19(24)14-5-9-16(10-6-14)27-13-18(20)23/h5-12H,3-4,13H2,1-2H3,(H2,20,23)(H,21,24). The number of hydrogen-bond acceptors (Lipinski definition) is 5. The molecule has 8 nitrogen and oxygen atoms in total. The van der Waals surface area contributed by atoms with Crippen LogP contribution < -0.4 is 15.8 Å². The highest BCUT2D eigenvalue weighted by molar-refractivity contribution is 7.89. The third-order valence-corrected chi connectivity index (χ3v) is 6.02. The maximum absolute atomic E-state index is 12.5. The molecular weight excluding hydrogens is 382 g/mol. The van der Waals surface area contributed by atoms with Gasteiger partial charge in [0.25, 0.3) is 11.8 Å². The van der Waals surface area contributed by atoms with E-state index in [1.807, 2.05) is 0 Å². The number of amides is 2. The number of anilines is 1. The summed E-state index contributed by atoms with van der Waals surface area (Å²) in [5.41, 5.74) is 5.86. The van der Waals surface area contributed by atoms with Crippen LogP contribution in [0.2, 0.25) is 0 Å². The SMILES string of the molecule is CCN(CC)S(=O)(=O)c1ccc(NC(=O)c2ccc(OCC(N)=O)cc2)cc1. The molecule has 0 aliphatic rings. The van der Waals surface area contributed by atoms with Crippen molar-refractivity contribution in [3.8, 4) is 5.75 Å². The molecule has 0 saturated carbocycles. The summed E-state index contributed by atoms with van der Waals surface area (Å²) in [5.74, 6) is -0.532. The summed E-state index contributed by atoms with van der Waals surface area (Å²) < 4.78 is 31.4. The number of rotatable bonds is 9. The molecule has 0 atom stereocenters. The molecule has 0 aliphatic carbocycles. The molecule has 0 radical (unpaired) electrons. The van der Waals surface area contributed by atoms with Crippen molar-refractivity contribution in [1.82, 2.24) is 4.31 Å². The minimum atomic E-state index is -3.54. The van der Waals surface area contributed by atoms with Crippen molar-refractivity contribution < 1.29 is 22.7 Å². The highest BCUT2D eigenvalue weighted by Crippen LogP contribution is 2.19. The summed E-state index contributed by atoms with van der Waals surface area (Å²) >= 11 is 0. The van der Waals surface area contributed by atoms with Gasteiger partial charge in [0.1, 0.15) is 5.75 Å². The zero-order valence-corrected chi connectivity index (χ0v) is 16.5. The van der Waals surface area contributed by atoms with Gasteiger partial charge in [-0.1, -0.05) is 13.8 Å². The van der Waals surface area contributed by atoms with Crippen molar-refractivity contribution in [2.45, 2.75) is 18.7 Å². The van der Waals surface area contributed by atoms with Crippen LogP contribution >= 0.6 is 0 Å². The average Bonchev–Trinajstić information content (AvgIpc) is 2.68. The van der Waals surface area contributed by atoms with Crippen molar-refractivity contribution in [2.75, 3.05) is 25.0 Å². The lowest BCUT2D eigenvalue weighted by Crippen LogP contribution is -2.30. The van der Waals surface area contributed by atoms with Gasteiger partial charge in [0.2, 0.25) is 10.0 Å². The van der Waals surface area contributed by atoms with Gasteiger partial charge >= 0.3 is 0 Å². The molecule has 2 amide bonds. The zero-order valence-electron chi connectivity index (χ0n) is 15.7. The molecule has 2 aromatic rings. The molecule has 2 aromatic carbocycles. The summed E-state index contributed by atoms with van der Waals surface area (Å²) in [6.07, 6.45) is 0. The quantitative estimate of drug-likeness (QED) is 0.660. The molecule has 3 N–H and O–H groups in total. The number of hydrogen-bond donors (Lipinski definition) is 2. The first-order chi connectivity index (χ1) is 13.3. The van der Waals surface area contributed by atoms with Gasteiger partial charge in [-0.2, -0.15) is 4.31 Å². The second-order valence-electron chi connectivity index (χ2n) is 5.85. The van der Waals surface area contributed by atoms with E-state index in [9.17, 15) is 18.0 Å². The molecular formula is C19H23N3O5S. The van der Waals surface area contributed by atoms with Gasteiger partial charge in [0.05, 0.1) is 4.90 Å². The van der Waals surface area contributed by atoms with Crippen molar-refractivity contribution >= 4 is 27.5 Å². The summed E-state index contributed by atoms with van der Waals surface area (Å²) in [7, 11) is -3.54. The van der Waals surface area contributed by atoms with Crippen LogP contribution in [0.4, 0.5) is 5.69 Å². The van der Waals surface area contributed by atoms with E-state index in [2.05, 4.69) is 5.32 Å². The molecule has 0 saturated heterocycles. The Labute approximate surface area is 164 Å².